The number of fused-ring (bicyclic) bond motifs is 3. The van der Waals surface area contributed by atoms with Crippen LogP contribution in [-0.2, 0) is 0 Å². The maximum atomic E-state index is 9.95. The van der Waals surface area contributed by atoms with E-state index in [1.54, 1.807) is 0 Å². The predicted molar refractivity (Wildman–Crippen MR) is 273 cm³/mol. The lowest BCUT2D eigenvalue weighted by Gasteiger charge is -2.21. The molecule has 0 atom stereocenters. The van der Waals surface area contributed by atoms with Crippen LogP contribution in [0.25, 0.3) is 106 Å². The number of aromatic nitrogens is 3. The zero-order chi connectivity index (χ0) is 45.4. The second-order valence-electron chi connectivity index (χ2n) is 17.0. The number of nitriles is 2. The van der Waals surface area contributed by atoms with Crippen molar-refractivity contribution in [2.45, 2.75) is 13.8 Å². The molecule has 0 saturated heterocycles. The molecule has 0 unspecified atom stereocenters. The van der Waals surface area contributed by atoms with Gasteiger partial charge in [-0.15, -0.1) is 0 Å². The first-order chi connectivity index (χ1) is 32.9. The van der Waals surface area contributed by atoms with E-state index in [4.69, 9.17) is 9.97 Å². The molecule has 5 nitrogen and oxygen atoms in total. The molecule has 0 spiro atoms. The van der Waals surface area contributed by atoms with Crippen molar-refractivity contribution in [1.29, 1.82) is 10.5 Å². The summed E-state index contributed by atoms with van der Waals surface area (Å²) >= 11 is 0. The van der Waals surface area contributed by atoms with Crippen molar-refractivity contribution in [3.63, 3.8) is 0 Å². The quantitative estimate of drug-likeness (QED) is 0.152. The molecule has 67 heavy (non-hydrogen) atoms. The lowest BCUT2D eigenvalue weighted by Crippen LogP contribution is -2.03. The minimum atomic E-state index is 0.578. The summed E-state index contributed by atoms with van der Waals surface area (Å²) in [6.45, 7) is 4.23. The normalized spacial score (nSPS) is 11.1. The van der Waals surface area contributed by atoms with Gasteiger partial charge in [0.05, 0.1) is 51.4 Å². The Hall–Kier alpha value is -9.16. The van der Waals surface area contributed by atoms with Gasteiger partial charge in [0.15, 0.2) is 5.82 Å². The predicted octanol–water partition coefficient (Wildman–Crippen LogP) is 15.6. The van der Waals surface area contributed by atoms with Gasteiger partial charge < -0.3 is 4.57 Å². The molecule has 5 heteroatoms. The van der Waals surface area contributed by atoms with E-state index >= 15 is 0 Å². The lowest BCUT2D eigenvalue weighted by molar-refractivity contribution is 1.17. The van der Waals surface area contributed by atoms with E-state index in [0.29, 0.717) is 17.0 Å². The molecule has 2 heterocycles. The number of hydrogen-bond acceptors (Lipinski definition) is 4. The molecule has 11 aromatic rings. The Balaban J connectivity index is 1.25. The summed E-state index contributed by atoms with van der Waals surface area (Å²) in [5.74, 6) is 0.622. The largest absolute Gasteiger partial charge is 0.308 e. The second-order valence-corrected chi connectivity index (χ2v) is 17.0. The van der Waals surface area contributed by atoms with E-state index in [0.717, 1.165) is 100 Å². The van der Waals surface area contributed by atoms with Crippen LogP contribution in [0.2, 0.25) is 0 Å². The van der Waals surface area contributed by atoms with Gasteiger partial charge >= 0.3 is 0 Å². The monoisotopic (exact) mass is 855 g/mol. The fourth-order valence-corrected chi connectivity index (χ4v) is 9.10. The number of benzene rings is 9. The Labute approximate surface area is 389 Å². The van der Waals surface area contributed by atoms with Crippen LogP contribution in [0, 0.1) is 36.5 Å². The minimum Gasteiger partial charge on any atom is -0.308 e. The lowest BCUT2D eigenvalue weighted by atomic mass is 9.91. The molecule has 11 rings (SSSR count). The maximum absolute atomic E-state index is 9.95. The molecule has 0 fully saturated rings. The molecular formula is C62H41N5. The van der Waals surface area contributed by atoms with Crippen LogP contribution in [0.3, 0.4) is 0 Å². The highest BCUT2D eigenvalue weighted by Gasteiger charge is 2.24. The van der Waals surface area contributed by atoms with Crippen molar-refractivity contribution in [2.24, 2.45) is 0 Å². The summed E-state index contributed by atoms with van der Waals surface area (Å²) in [6, 6.07) is 78.2. The van der Waals surface area contributed by atoms with E-state index in [-0.39, 0.29) is 0 Å². The third kappa shape index (κ3) is 7.72. The van der Waals surface area contributed by atoms with Gasteiger partial charge in [-0.05, 0) is 114 Å². The van der Waals surface area contributed by atoms with Crippen LogP contribution < -0.4 is 0 Å². The van der Waals surface area contributed by atoms with Gasteiger partial charge in [-0.2, -0.15) is 10.5 Å². The van der Waals surface area contributed by atoms with Crippen LogP contribution in [-0.4, -0.2) is 14.5 Å². The van der Waals surface area contributed by atoms with Crippen LogP contribution >= 0.6 is 0 Å². The molecule has 314 valence electrons. The topological polar surface area (TPSA) is 78.3 Å². The van der Waals surface area contributed by atoms with Gasteiger partial charge in [-0.25, -0.2) is 9.97 Å². The average molecular weight is 856 g/mol. The number of aryl methyl sites for hydroxylation is 2. The maximum Gasteiger partial charge on any atom is 0.160 e. The molecule has 0 amide bonds. The summed E-state index contributed by atoms with van der Waals surface area (Å²) < 4.78 is 2.40. The van der Waals surface area contributed by atoms with E-state index in [1.165, 1.54) is 11.1 Å². The van der Waals surface area contributed by atoms with Gasteiger partial charge in [-0.1, -0.05) is 157 Å². The first kappa shape index (κ1) is 40.6. The Bertz CT molecular complexity index is 3490. The minimum absolute atomic E-state index is 0.578. The van der Waals surface area contributed by atoms with Crippen molar-refractivity contribution in [3.05, 3.63) is 235 Å². The molecule has 0 radical (unpaired) electrons. The molecule has 9 aromatic carbocycles. The van der Waals surface area contributed by atoms with Crippen molar-refractivity contribution in [2.75, 3.05) is 0 Å². The molecule has 0 aliphatic rings. The Morgan fingerprint density at radius 1 is 0.358 bits per heavy atom. The first-order valence-corrected chi connectivity index (χ1v) is 22.3. The summed E-state index contributed by atoms with van der Waals surface area (Å²) in [4.78, 5) is 10.4. The van der Waals surface area contributed by atoms with Crippen molar-refractivity contribution in [3.8, 4) is 96.2 Å². The van der Waals surface area contributed by atoms with Crippen LogP contribution in [0.1, 0.15) is 22.3 Å². The highest BCUT2D eigenvalue weighted by molar-refractivity contribution is 6.13. The molecule has 0 N–H and O–H groups in total. The zero-order valence-corrected chi connectivity index (χ0v) is 36.9. The van der Waals surface area contributed by atoms with Crippen LogP contribution in [0.15, 0.2) is 212 Å². The van der Waals surface area contributed by atoms with E-state index in [1.807, 2.05) is 97.1 Å². The van der Waals surface area contributed by atoms with Gasteiger partial charge in [0.2, 0.25) is 0 Å². The van der Waals surface area contributed by atoms with Gasteiger partial charge in [0.25, 0.3) is 0 Å². The van der Waals surface area contributed by atoms with Gasteiger partial charge in [-0.3, -0.25) is 0 Å². The van der Waals surface area contributed by atoms with Crippen LogP contribution in [0.4, 0.5) is 0 Å². The highest BCUT2D eigenvalue weighted by Crippen LogP contribution is 2.45. The van der Waals surface area contributed by atoms with Gasteiger partial charge in [0.1, 0.15) is 0 Å². The number of rotatable bonds is 8. The molecule has 0 bridgehead atoms. The van der Waals surface area contributed by atoms with E-state index < -0.39 is 0 Å². The molecule has 0 saturated carbocycles. The molecule has 2 aromatic heterocycles. The van der Waals surface area contributed by atoms with Crippen LogP contribution in [0.5, 0.6) is 0 Å². The van der Waals surface area contributed by atoms with Crippen molar-refractivity contribution in [1.82, 2.24) is 14.5 Å². The zero-order valence-electron chi connectivity index (χ0n) is 36.9. The van der Waals surface area contributed by atoms with Crippen molar-refractivity contribution < 1.29 is 0 Å². The van der Waals surface area contributed by atoms with Gasteiger partial charge in [0, 0.05) is 38.6 Å². The number of nitrogens with zero attached hydrogens (tertiary/aromatic N) is 5. The fraction of sp³-hybridized carbons (Fsp3) is 0.0323. The SMILES string of the molecule is Cc1ccc(-c2ccc3c(c2)c2cc(-c4ccc(C)cc4)ccc2n3-c2c(-c3ccc(C#N)cc3)cc(-c3cc(-c4ccccc4)nc(-c4ccccc4)n3)cc2-c2ccc(C#N)cc2)cc1. The van der Waals surface area contributed by atoms with E-state index in [9.17, 15) is 10.5 Å². The summed E-state index contributed by atoms with van der Waals surface area (Å²) in [6.07, 6.45) is 0. The fourth-order valence-electron chi connectivity index (χ4n) is 9.10. The first-order valence-electron chi connectivity index (χ1n) is 22.3. The Morgan fingerprint density at radius 2 is 0.761 bits per heavy atom. The third-order valence-electron chi connectivity index (χ3n) is 12.6. The second kappa shape index (κ2) is 17.1. The summed E-state index contributed by atoms with van der Waals surface area (Å²) in [5, 5.41) is 22.2. The Kier molecular flexibility index (Phi) is 10.4. The smallest absolute Gasteiger partial charge is 0.160 e. The molecular weight excluding hydrogens is 815 g/mol. The Morgan fingerprint density at radius 3 is 1.21 bits per heavy atom. The molecule has 0 aliphatic heterocycles. The highest BCUT2D eigenvalue weighted by atomic mass is 15.0. The van der Waals surface area contributed by atoms with E-state index in [2.05, 4.69) is 146 Å². The molecule has 0 aliphatic carbocycles. The standard InChI is InChI=1S/C62H41N5/c1-40-13-21-44(22-14-40)50-29-31-59-55(33-50)56-34-51(45-23-15-41(2)16-24-45)30-32-60(56)67(59)61-53(46-25-17-42(38-63)18-26-46)35-52(36-54(61)47-27-19-43(39-64)20-28-47)58-37-57(48-9-5-3-6-10-48)65-62(66-58)49-11-7-4-8-12-49/h3-37H,1-2H3. The summed E-state index contributed by atoms with van der Waals surface area (Å²) in [7, 11) is 0. The number of hydrogen-bond donors (Lipinski definition) is 0. The average Bonchev–Trinajstić information content (AvgIpc) is 3.71. The van der Waals surface area contributed by atoms with Crippen molar-refractivity contribution >= 4 is 21.8 Å². The third-order valence-corrected chi connectivity index (χ3v) is 12.6. The summed E-state index contributed by atoms with van der Waals surface area (Å²) in [5.41, 5.74) is 19.4.